The fourth-order valence-corrected chi connectivity index (χ4v) is 6.05. The van der Waals surface area contributed by atoms with Crippen LogP contribution in [0.25, 0.3) is 0 Å². The molecule has 0 spiro atoms. The number of aryl methyl sites for hydroxylation is 1. The molecule has 0 fully saturated rings. The maximum atomic E-state index is 14.0. The van der Waals surface area contributed by atoms with Gasteiger partial charge in [-0.3, -0.25) is 13.9 Å². The van der Waals surface area contributed by atoms with Gasteiger partial charge in [-0.05, 0) is 68.3 Å². The van der Waals surface area contributed by atoms with Crippen LogP contribution in [0.5, 0.6) is 5.75 Å². The number of sulfonamides is 1. The number of carbonyl (C=O) groups excluding carboxylic acids is 2. The van der Waals surface area contributed by atoms with E-state index >= 15 is 0 Å². The Labute approximate surface area is 249 Å². The van der Waals surface area contributed by atoms with Gasteiger partial charge in [0.1, 0.15) is 18.3 Å². The molecule has 2 amide bonds. The Kier molecular flexibility index (Phi) is 11.0. The first kappa shape index (κ1) is 31.4. The molecule has 1 N–H and O–H groups in total. The monoisotopic (exact) mass is 649 g/mol. The lowest BCUT2D eigenvalue weighted by Crippen LogP contribution is -2.51. The number of nitrogens with zero attached hydrogens (tertiary/aromatic N) is 2. The molecule has 3 aromatic carbocycles. The van der Waals surface area contributed by atoms with Gasteiger partial charge in [-0.2, -0.15) is 0 Å². The third kappa shape index (κ3) is 7.77. The van der Waals surface area contributed by atoms with Gasteiger partial charge >= 0.3 is 0 Å². The Bertz CT molecular complexity index is 1450. The van der Waals surface area contributed by atoms with E-state index in [9.17, 15) is 18.0 Å². The molecule has 0 aromatic heterocycles. The number of anilines is 1. The van der Waals surface area contributed by atoms with E-state index in [-0.39, 0.29) is 33.8 Å². The number of rotatable bonds is 12. The Hall–Kier alpha value is -3.08. The minimum absolute atomic E-state index is 0.000191. The van der Waals surface area contributed by atoms with Crippen molar-refractivity contribution in [1.82, 2.24) is 10.2 Å². The molecule has 0 unspecified atom stereocenters. The molecule has 40 heavy (non-hydrogen) atoms. The van der Waals surface area contributed by atoms with E-state index in [0.29, 0.717) is 6.54 Å². The number of hydrogen-bond donors (Lipinski definition) is 1. The Morgan fingerprint density at radius 3 is 2.40 bits per heavy atom. The Morgan fingerprint density at radius 2 is 1.77 bits per heavy atom. The minimum atomic E-state index is -4.25. The number of halogens is 2. The fourth-order valence-electron chi connectivity index (χ4n) is 4.02. The lowest BCUT2D eigenvalue weighted by Gasteiger charge is -2.32. The highest BCUT2D eigenvalue weighted by molar-refractivity contribution is 9.10. The summed E-state index contributed by atoms with van der Waals surface area (Å²) in [4.78, 5) is 28.4. The predicted octanol–water partition coefficient (Wildman–Crippen LogP) is 5.56. The lowest BCUT2D eigenvalue weighted by atomic mass is 10.1. The van der Waals surface area contributed by atoms with E-state index in [1.807, 2.05) is 38.1 Å². The summed E-state index contributed by atoms with van der Waals surface area (Å²) in [5, 5.41) is 3.09. The van der Waals surface area contributed by atoms with E-state index in [0.717, 1.165) is 26.3 Å². The normalized spacial score (nSPS) is 11.9. The summed E-state index contributed by atoms with van der Waals surface area (Å²) in [5.74, 6) is -0.685. The van der Waals surface area contributed by atoms with Gasteiger partial charge in [0.15, 0.2) is 0 Å². The molecule has 1 atom stereocenters. The molecule has 8 nitrogen and oxygen atoms in total. The lowest BCUT2D eigenvalue weighted by molar-refractivity contribution is -0.139. The topological polar surface area (TPSA) is 96.0 Å². The molecule has 0 aliphatic carbocycles. The van der Waals surface area contributed by atoms with Gasteiger partial charge < -0.3 is 15.0 Å². The van der Waals surface area contributed by atoms with Crippen molar-refractivity contribution in [3.8, 4) is 5.75 Å². The van der Waals surface area contributed by atoms with Crippen LogP contribution in [0.2, 0.25) is 5.02 Å². The van der Waals surface area contributed by atoms with Crippen LogP contribution < -0.4 is 14.4 Å². The highest BCUT2D eigenvalue weighted by atomic mass is 79.9. The van der Waals surface area contributed by atoms with E-state index in [1.165, 1.54) is 30.2 Å². The second-order valence-corrected chi connectivity index (χ2v) is 12.5. The average molecular weight is 651 g/mol. The van der Waals surface area contributed by atoms with Crippen LogP contribution in [0.4, 0.5) is 5.69 Å². The Balaban J connectivity index is 2.09. The molecule has 11 heteroatoms. The van der Waals surface area contributed by atoms with E-state index < -0.39 is 28.5 Å². The number of hydrogen-bond acceptors (Lipinski definition) is 5. The maximum absolute atomic E-state index is 14.0. The van der Waals surface area contributed by atoms with E-state index in [1.54, 1.807) is 31.2 Å². The summed E-state index contributed by atoms with van der Waals surface area (Å²) in [7, 11) is -2.84. The van der Waals surface area contributed by atoms with E-state index in [2.05, 4.69) is 21.2 Å². The number of benzene rings is 3. The van der Waals surface area contributed by atoms with Crippen LogP contribution in [-0.2, 0) is 26.2 Å². The molecule has 0 saturated heterocycles. The molecule has 0 aliphatic rings. The second kappa shape index (κ2) is 14.0. The van der Waals surface area contributed by atoms with Crippen LogP contribution in [-0.4, -0.2) is 51.4 Å². The molecule has 0 aliphatic heterocycles. The van der Waals surface area contributed by atoms with Crippen molar-refractivity contribution >= 4 is 55.1 Å². The highest BCUT2D eigenvalue weighted by Crippen LogP contribution is 2.35. The second-order valence-electron chi connectivity index (χ2n) is 9.26. The van der Waals surface area contributed by atoms with Gasteiger partial charge in [0.25, 0.3) is 10.0 Å². The van der Waals surface area contributed by atoms with E-state index in [4.69, 9.17) is 16.3 Å². The van der Waals surface area contributed by atoms with Gasteiger partial charge in [0, 0.05) is 22.6 Å². The quantitative estimate of drug-likeness (QED) is 0.277. The average Bonchev–Trinajstić information content (AvgIpc) is 2.93. The van der Waals surface area contributed by atoms with Crippen molar-refractivity contribution in [2.75, 3.05) is 24.5 Å². The first-order chi connectivity index (χ1) is 19.0. The summed E-state index contributed by atoms with van der Waals surface area (Å²) in [5.41, 5.74) is 1.76. The summed E-state index contributed by atoms with van der Waals surface area (Å²) in [6, 6.07) is 17.4. The van der Waals surface area contributed by atoms with Crippen molar-refractivity contribution < 1.29 is 22.7 Å². The van der Waals surface area contributed by atoms with Gasteiger partial charge in [0.2, 0.25) is 11.8 Å². The molecule has 0 bridgehead atoms. The summed E-state index contributed by atoms with van der Waals surface area (Å²) >= 11 is 9.71. The molecule has 3 aromatic rings. The molecular formula is C29H33BrClN3O5S. The van der Waals surface area contributed by atoms with Gasteiger partial charge in [-0.25, -0.2) is 8.42 Å². The first-order valence-corrected chi connectivity index (χ1v) is 15.3. The zero-order chi connectivity index (χ0) is 29.4. The van der Waals surface area contributed by atoms with Crippen LogP contribution in [0.1, 0.15) is 31.4 Å². The standard InChI is InChI=1S/C29H33BrClN3O5S/c1-5-15-32-29(36)21(3)33(18-22-7-6-8-23(30)16-22)28(35)19-34(26-17-24(31)11-14-27(26)39-4)40(37,38)25-12-9-20(2)10-13-25/h6-14,16-17,21H,5,15,18-19H2,1-4H3,(H,32,36)/t21-/m1/s1. The van der Waals surface area contributed by atoms with Gasteiger partial charge in [0.05, 0.1) is 17.7 Å². The minimum Gasteiger partial charge on any atom is -0.495 e. The molecule has 3 rings (SSSR count). The molecule has 0 radical (unpaired) electrons. The zero-order valence-corrected chi connectivity index (χ0v) is 26.0. The molecule has 214 valence electrons. The number of amides is 2. The van der Waals surface area contributed by atoms with Crippen molar-refractivity contribution in [3.63, 3.8) is 0 Å². The van der Waals surface area contributed by atoms with Crippen LogP contribution >= 0.6 is 27.5 Å². The smallest absolute Gasteiger partial charge is 0.264 e. The van der Waals surface area contributed by atoms with Crippen molar-refractivity contribution in [2.24, 2.45) is 0 Å². The SMILES string of the molecule is CCCNC(=O)[C@@H](C)N(Cc1cccc(Br)c1)C(=O)CN(c1cc(Cl)ccc1OC)S(=O)(=O)c1ccc(C)cc1. The summed E-state index contributed by atoms with van der Waals surface area (Å²) in [6.45, 7) is 5.36. The number of ether oxygens (including phenoxy) is 1. The summed E-state index contributed by atoms with van der Waals surface area (Å²) in [6.07, 6.45) is 0.731. The molecular weight excluding hydrogens is 618 g/mol. The van der Waals surface area contributed by atoms with Crippen LogP contribution in [0, 0.1) is 6.92 Å². The van der Waals surface area contributed by atoms with Crippen molar-refractivity contribution in [1.29, 1.82) is 0 Å². The summed E-state index contributed by atoms with van der Waals surface area (Å²) < 4.78 is 35.2. The van der Waals surface area contributed by atoms with Crippen LogP contribution in [0.3, 0.4) is 0 Å². The van der Waals surface area contributed by atoms with Crippen molar-refractivity contribution in [3.05, 3.63) is 87.4 Å². The maximum Gasteiger partial charge on any atom is 0.264 e. The first-order valence-electron chi connectivity index (χ1n) is 12.7. The Morgan fingerprint density at radius 1 is 1.07 bits per heavy atom. The third-order valence-corrected chi connectivity index (χ3v) is 8.76. The van der Waals surface area contributed by atoms with Crippen molar-refractivity contribution in [2.45, 2.75) is 44.7 Å². The van der Waals surface area contributed by atoms with Gasteiger partial charge in [-0.15, -0.1) is 0 Å². The number of methoxy groups -OCH3 is 1. The zero-order valence-electron chi connectivity index (χ0n) is 22.9. The highest BCUT2D eigenvalue weighted by Gasteiger charge is 2.34. The number of nitrogens with one attached hydrogen (secondary N) is 1. The molecule has 0 saturated carbocycles. The largest absolute Gasteiger partial charge is 0.495 e. The van der Waals surface area contributed by atoms with Gasteiger partial charge in [-0.1, -0.05) is 64.3 Å². The predicted molar refractivity (Wildman–Crippen MR) is 161 cm³/mol. The fraction of sp³-hybridized carbons (Fsp3) is 0.310. The number of carbonyl (C=O) groups is 2. The third-order valence-electron chi connectivity index (χ3n) is 6.26. The van der Waals surface area contributed by atoms with Crippen LogP contribution in [0.15, 0.2) is 76.1 Å². The molecule has 0 heterocycles.